The number of aromatic nitrogens is 1. The van der Waals surface area contributed by atoms with E-state index in [0.29, 0.717) is 18.8 Å². The lowest BCUT2D eigenvalue weighted by Gasteiger charge is -2.09. The number of phenols is 1. The van der Waals surface area contributed by atoms with Crippen molar-refractivity contribution in [2.45, 2.75) is 12.6 Å². The van der Waals surface area contributed by atoms with Gasteiger partial charge in [-0.15, -0.1) is 0 Å². The van der Waals surface area contributed by atoms with Crippen molar-refractivity contribution in [2.24, 2.45) is 0 Å². The number of hydrogen-bond donors (Lipinski definition) is 1. The first-order valence-corrected chi connectivity index (χ1v) is 7.01. The highest BCUT2D eigenvalue weighted by molar-refractivity contribution is 6.32. The molecular weight excluding hydrogens is 335 g/mol. The third-order valence-electron chi connectivity index (χ3n) is 2.79. The normalized spacial score (nSPS) is 11.3. The molecule has 0 aliphatic carbocycles. The number of benzene rings is 1. The maximum absolute atomic E-state index is 12.4. The fourth-order valence-electron chi connectivity index (χ4n) is 1.64. The number of aromatic hydroxyl groups is 1. The zero-order valence-electron chi connectivity index (χ0n) is 11.8. The van der Waals surface area contributed by atoms with Crippen molar-refractivity contribution < 1.29 is 27.8 Å². The Morgan fingerprint density at radius 2 is 1.83 bits per heavy atom. The summed E-state index contributed by atoms with van der Waals surface area (Å²) in [5, 5.41) is 9.45. The Balaban J connectivity index is 1.72. The molecule has 1 heterocycles. The van der Waals surface area contributed by atoms with Crippen LogP contribution < -0.4 is 9.47 Å². The fraction of sp³-hybridized carbons (Fsp3) is 0.267. The molecular formula is C15H13ClF3NO3. The third-order valence-corrected chi connectivity index (χ3v) is 3.09. The summed E-state index contributed by atoms with van der Waals surface area (Å²) in [6.07, 6.45) is -3.18. The van der Waals surface area contributed by atoms with Gasteiger partial charge in [-0.3, -0.25) is 0 Å². The molecule has 0 spiro atoms. The number of hydrogen-bond acceptors (Lipinski definition) is 4. The number of phenolic OH excluding ortho intramolecular Hbond substituents is 1. The van der Waals surface area contributed by atoms with Gasteiger partial charge in [-0.1, -0.05) is 11.6 Å². The molecule has 23 heavy (non-hydrogen) atoms. The zero-order chi connectivity index (χ0) is 16.9. The number of nitrogens with zero attached hydrogens (tertiary/aromatic N) is 1. The Bertz CT molecular complexity index is 647. The van der Waals surface area contributed by atoms with Crippen molar-refractivity contribution in [1.82, 2.24) is 4.98 Å². The molecule has 124 valence electrons. The van der Waals surface area contributed by atoms with Gasteiger partial charge in [-0.05, 0) is 18.2 Å². The van der Waals surface area contributed by atoms with Gasteiger partial charge in [0.15, 0.2) is 0 Å². The highest BCUT2D eigenvalue weighted by Gasteiger charge is 2.30. The summed E-state index contributed by atoms with van der Waals surface area (Å²) in [5.41, 5.74) is -0.822. The van der Waals surface area contributed by atoms with Crippen LogP contribution in [0.5, 0.6) is 17.4 Å². The number of alkyl halides is 3. The van der Waals surface area contributed by atoms with Gasteiger partial charge >= 0.3 is 6.18 Å². The van der Waals surface area contributed by atoms with Crippen molar-refractivity contribution in [3.63, 3.8) is 0 Å². The Kier molecular flexibility index (Phi) is 5.54. The Hall–Kier alpha value is -2.15. The molecule has 0 saturated carbocycles. The zero-order valence-corrected chi connectivity index (χ0v) is 12.6. The lowest BCUT2D eigenvalue weighted by molar-refractivity contribution is -0.137. The monoisotopic (exact) mass is 347 g/mol. The van der Waals surface area contributed by atoms with Crippen LogP contribution in [0.2, 0.25) is 5.02 Å². The number of pyridine rings is 1. The molecule has 0 fully saturated rings. The van der Waals surface area contributed by atoms with E-state index in [4.69, 9.17) is 21.1 Å². The van der Waals surface area contributed by atoms with Gasteiger partial charge in [-0.2, -0.15) is 13.2 Å². The van der Waals surface area contributed by atoms with Gasteiger partial charge in [-0.25, -0.2) is 4.98 Å². The summed E-state index contributed by atoms with van der Waals surface area (Å²) in [7, 11) is 0. The molecule has 1 aromatic carbocycles. The van der Waals surface area contributed by atoms with Gasteiger partial charge in [0.1, 0.15) is 11.5 Å². The summed E-state index contributed by atoms with van der Waals surface area (Å²) >= 11 is 5.74. The molecule has 2 rings (SSSR count). The van der Waals surface area contributed by atoms with Crippen molar-refractivity contribution in [1.29, 1.82) is 0 Å². The molecule has 0 amide bonds. The van der Waals surface area contributed by atoms with Crippen molar-refractivity contribution in [2.75, 3.05) is 13.2 Å². The minimum Gasteiger partial charge on any atom is -0.506 e. The predicted molar refractivity (Wildman–Crippen MR) is 78.0 cm³/mol. The van der Waals surface area contributed by atoms with Crippen LogP contribution >= 0.6 is 11.6 Å². The molecule has 4 nitrogen and oxygen atoms in total. The van der Waals surface area contributed by atoms with Crippen molar-refractivity contribution in [3.8, 4) is 17.4 Å². The first kappa shape index (κ1) is 17.2. The van der Waals surface area contributed by atoms with Crippen LogP contribution in [0.4, 0.5) is 13.2 Å². The van der Waals surface area contributed by atoms with E-state index in [9.17, 15) is 18.3 Å². The number of ether oxygens (including phenoxy) is 2. The average molecular weight is 348 g/mol. The largest absolute Gasteiger partial charge is 0.506 e. The Morgan fingerprint density at radius 1 is 1.09 bits per heavy atom. The molecule has 1 N–H and O–H groups in total. The van der Waals surface area contributed by atoms with Crippen LogP contribution in [0.1, 0.15) is 12.0 Å². The SMILES string of the molecule is Oc1ccc(OCCCOc2ccc(C(F)(F)F)cn2)cc1Cl. The van der Waals surface area contributed by atoms with E-state index < -0.39 is 11.7 Å². The van der Waals surface area contributed by atoms with Crippen molar-refractivity contribution >= 4 is 11.6 Å². The summed E-state index contributed by atoms with van der Waals surface area (Å²) in [5.74, 6) is 0.585. The van der Waals surface area contributed by atoms with E-state index in [0.717, 1.165) is 12.3 Å². The molecule has 2 aromatic rings. The van der Waals surface area contributed by atoms with E-state index in [1.54, 1.807) is 6.07 Å². The van der Waals surface area contributed by atoms with Gasteiger partial charge in [0.05, 0.1) is 23.8 Å². The molecule has 0 bridgehead atoms. The van der Waals surface area contributed by atoms with Gasteiger partial charge in [0.25, 0.3) is 0 Å². The molecule has 0 saturated heterocycles. The summed E-state index contributed by atoms with van der Waals surface area (Å²) in [6.45, 7) is 0.561. The second kappa shape index (κ2) is 7.41. The van der Waals surface area contributed by atoms with E-state index >= 15 is 0 Å². The third kappa shape index (κ3) is 5.21. The van der Waals surface area contributed by atoms with E-state index in [-0.39, 0.29) is 23.3 Å². The Labute approximate surface area is 135 Å². The minimum atomic E-state index is -4.41. The van der Waals surface area contributed by atoms with Gasteiger partial charge < -0.3 is 14.6 Å². The predicted octanol–water partition coefficient (Wildman–Crippen LogP) is 4.31. The summed E-state index contributed by atoms with van der Waals surface area (Å²) in [6, 6.07) is 6.55. The molecule has 1 aromatic heterocycles. The maximum Gasteiger partial charge on any atom is 0.417 e. The van der Waals surface area contributed by atoms with Gasteiger partial charge in [0, 0.05) is 24.8 Å². The molecule has 0 radical (unpaired) electrons. The minimum absolute atomic E-state index is 0.0317. The quantitative estimate of drug-likeness (QED) is 0.791. The first-order valence-electron chi connectivity index (χ1n) is 6.63. The molecule has 8 heteroatoms. The summed E-state index contributed by atoms with van der Waals surface area (Å²) in [4.78, 5) is 3.59. The highest BCUT2D eigenvalue weighted by Crippen LogP contribution is 2.29. The van der Waals surface area contributed by atoms with E-state index in [1.165, 1.54) is 18.2 Å². The lowest BCUT2D eigenvalue weighted by atomic mass is 10.3. The van der Waals surface area contributed by atoms with Crippen LogP contribution in [0, 0.1) is 0 Å². The fourth-order valence-corrected chi connectivity index (χ4v) is 1.81. The van der Waals surface area contributed by atoms with Crippen LogP contribution in [-0.4, -0.2) is 23.3 Å². The lowest BCUT2D eigenvalue weighted by Crippen LogP contribution is -2.08. The topological polar surface area (TPSA) is 51.6 Å². The molecule has 0 aliphatic rings. The first-order chi connectivity index (χ1) is 10.9. The van der Waals surface area contributed by atoms with Crippen molar-refractivity contribution in [3.05, 3.63) is 47.1 Å². The number of rotatable bonds is 6. The van der Waals surface area contributed by atoms with E-state index in [1.807, 2.05) is 0 Å². The second-order valence-corrected chi connectivity index (χ2v) is 4.95. The highest BCUT2D eigenvalue weighted by atomic mass is 35.5. The molecule has 0 unspecified atom stereocenters. The standard InChI is InChI=1S/C15H13ClF3NO3/c16-12-8-11(3-4-13(12)21)22-6-1-7-23-14-5-2-10(9-20-14)15(17,18)19/h2-5,8-9,21H,1,6-7H2. The Morgan fingerprint density at radius 3 is 2.43 bits per heavy atom. The van der Waals surface area contributed by atoms with Gasteiger partial charge in [0.2, 0.25) is 5.88 Å². The van der Waals surface area contributed by atoms with Crippen LogP contribution in [-0.2, 0) is 6.18 Å². The maximum atomic E-state index is 12.4. The molecule has 0 atom stereocenters. The second-order valence-electron chi connectivity index (χ2n) is 4.55. The van der Waals surface area contributed by atoms with Crippen LogP contribution in [0.15, 0.2) is 36.5 Å². The summed E-state index contributed by atoms with van der Waals surface area (Å²) < 4.78 is 47.7. The van der Waals surface area contributed by atoms with Crippen LogP contribution in [0.25, 0.3) is 0 Å². The number of halogens is 4. The van der Waals surface area contributed by atoms with Crippen LogP contribution in [0.3, 0.4) is 0 Å². The smallest absolute Gasteiger partial charge is 0.417 e. The molecule has 0 aliphatic heterocycles. The van der Waals surface area contributed by atoms with E-state index in [2.05, 4.69) is 4.98 Å². The average Bonchev–Trinajstić information content (AvgIpc) is 2.50.